The molecule has 0 aliphatic rings. The highest BCUT2D eigenvalue weighted by Gasteiger charge is 2.30. The predicted molar refractivity (Wildman–Crippen MR) is 335 cm³/mol. The summed E-state index contributed by atoms with van der Waals surface area (Å²) in [5.41, 5.74) is 5.27. The van der Waals surface area contributed by atoms with Crippen molar-refractivity contribution in [3.63, 3.8) is 0 Å². The summed E-state index contributed by atoms with van der Waals surface area (Å²) < 4.78 is 65.3. The summed E-state index contributed by atoms with van der Waals surface area (Å²) in [6.45, 7) is 8.56. The lowest BCUT2D eigenvalue weighted by Crippen LogP contribution is -2.10. The van der Waals surface area contributed by atoms with Crippen molar-refractivity contribution < 1.29 is 65.3 Å². The largest absolute Gasteiger partial charge is 0.472 e. The van der Waals surface area contributed by atoms with Gasteiger partial charge in [0.05, 0.1) is 27.4 Å². The van der Waals surface area contributed by atoms with Gasteiger partial charge in [-0.2, -0.15) is 13.2 Å². The zero-order valence-corrected chi connectivity index (χ0v) is 50.3. The van der Waals surface area contributed by atoms with Crippen LogP contribution in [-0.2, 0) is 11.6 Å². The number of hydrogen-bond acceptors (Lipinski definition) is 11. The molecule has 0 saturated carbocycles. The van der Waals surface area contributed by atoms with Crippen LogP contribution in [0.3, 0.4) is 0 Å². The second-order valence-corrected chi connectivity index (χ2v) is 20.9. The lowest BCUT2D eigenvalue weighted by atomic mass is 9.87. The summed E-state index contributed by atoms with van der Waals surface area (Å²) in [5, 5.41) is 0.899. The summed E-state index contributed by atoms with van der Waals surface area (Å²) in [7, 11) is 0. The molecule has 0 aliphatic carbocycles. The van der Waals surface area contributed by atoms with E-state index in [1.807, 2.05) is 73.7 Å². The third-order valence-corrected chi connectivity index (χ3v) is 12.6. The number of aldehydes is 6. The first-order valence-electron chi connectivity index (χ1n) is 26.1. The van der Waals surface area contributed by atoms with Crippen LogP contribution in [0.15, 0.2) is 240 Å². The molecule has 0 spiro atoms. The fraction of sp³-hybridized carbons (Fsp3) is 0.0857. The topological polar surface area (TPSA) is 152 Å². The molecule has 17 heteroatoms. The van der Waals surface area contributed by atoms with Gasteiger partial charge in [-0.15, -0.1) is 0 Å². The summed E-state index contributed by atoms with van der Waals surface area (Å²) in [4.78, 5) is 62.5. The number of aryl methyl sites for hydroxylation is 1. The molecule has 0 unspecified atom stereocenters. The number of furan rings is 1. The molecule has 0 radical (unpaired) electrons. The number of halogens is 6. The van der Waals surface area contributed by atoms with Crippen molar-refractivity contribution in [1.29, 1.82) is 0 Å². The number of alkyl halides is 3. The Labute approximate surface area is 520 Å². The van der Waals surface area contributed by atoms with Crippen molar-refractivity contribution in [1.82, 2.24) is 0 Å². The molecule has 10 aromatic rings. The Morgan fingerprint density at radius 2 is 0.736 bits per heavy atom. The first kappa shape index (κ1) is 68.1. The van der Waals surface area contributed by atoms with Gasteiger partial charge in [0.2, 0.25) is 0 Å². The molecule has 0 aliphatic heterocycles. The van der Waals surface area contributed by atoms with Crippen molar-refractivity contribution in [2.45, 2.75) is 39.3 Å². The molecule has 0 saturated heterocycles. The molecule has 9 aromatic carbocycles. The molecule has 11 nitrogen and oxygen atoms in total. The summed E-state index contributed by atoms with van der Waals surface area (Å²) >= 11 is 14.9. The molecule has 10 rings (SSSR count). The summed E-state index contributed by atoms with van der Waals surface area (Å²) in [6, 6.07) is 61.5. The van der Waals surface area contributed by atoms with Crippen LogP contribution in [0, 0.1) is 6.92 Å². The monoisotopic (exact) mass is 1280 g/mol. The molecular formula is C70H56BrCl2F3O11. The third-order valence-electron chi connectivity index (χ3n) is 11.4. The highest BCUT2D eigenvalue weighted by molar-refractivity contribution is 9.10. The van der Waals surface area contributed by atoms with Gasteiger partial charge >= 0.3 is 6.18 Å². The van der Waals surface area contributed by atoms with Gasteiger partial charge < -0.3 is 23.4 Å². The number of carbonyl (C=O) groups is 6. The fourth-order valence-corrected chi connectivity index (χ4v) is 7.68. The lowest BCUT2D eigenvalue weighted by molar-refractivity contribution is -0.137. The van der Waals surface area contributed by atoms with Crippen molar-refractivity contribution in [3.05, 3.63) is 296 Å². The smallest absolute Gasteiger partial charge is 0.416 e. The summed E-state index contributed by atoms with van der Waals surface area (Å²) in [6.07, 6.45) is 3.03. The Morgan fingerprint density at radius 3 is 1.08 bits per heavy atom. The standard InChI is InChI=1S/C17H18O2.C14H9F3O2.C14H12O2.C13H8Cl2O2.C7H5BrO.C5H4O2/c1-17(2,3)14-7-9-15(10-8-14)19-16-6-4-5-13(11-16)12-18;15-14(16,17)11-4-2-6-13(8-11)19-12-5-1-3-10(7-12)9-18;1-11-5-7-13(8-6-11)16-14-4-2-3-12(9-14)10-15;14-12-5-4-11(7-13(12)15)17-10-3-1-2-9(6-10)8-16;8-7-3-1-2-6(4-7)5-9;6-3-5-1-2-7-4-5/h4-12H,1-3H3;1-9H;2-10H,1H3;1-8H;1-5H;1-4H. The predicted octanol–water partition coefficient (Wildman–Crippen LogP) is 20.5. The highest BCUT2D eigenvalue weighted by atomic mass is 79.9. The van der Waals surface area contributed by atoms with Crippen LogP contribution < -0.4 is 18.9 Å². The second kappa shape index (κ2) is 34.9. The molecule has 87 heavy (non-hydrogen) atoms. The molecule has 0 N–H and O–H groups in total. The first-order chi connectivity index (χ1) is 41.7. The molecule has 1 heterocycles. The van der Waals surface area contributed by atoms with E-state index in [0.717, 1.165) is 59.5 Å². The van der Waals surface area contributed by atoms with Crippen LogP contribution in [0.25, 0.3) is 0 Å². The van der Waals surface area contributed by atoms with E-state index in [-0.39, 0.29) is 11.2 Å². The number of hydrogen-bond donors (Lipinski definition) is 0. The van der Waals surface area contributed by atoms with Gasteiger partial charge in [-0.25, -0.2) is 0 Å². The van der Waals surface area contributed by atoms with Crippen LogP contribution in [0.4, 0.5) is 13.2 Å². The van der Waals surface area contributed by atoms with Crippen LogP contribution in [0.1, 0.15) is 99.6 Å². The van der Waals surface area contributed by atoms with Gasteiger partial charge in [-0.3, -0.25) is 28.8 Å². The maximum atomic E-state index is 12.5. The Balaban J connectivity index is 0.000000195. The van der Waals surface area contributed by atoms with Crippen LogP contribution in [0.5, 0.6) is 46.0 Å². The minimum absolute atomic E-state index is 0.0675. The normalized spacial score (nSPS) is 10.2. The minimum Gasteiger partial charge on any atom is -0.472 e. The average molecular weight is 1280 g/mol. The first-order valence-corrected chi connectivity index (χ1v) is 27.7. The maximum absolute atomic E-state index is 12.5. The van der Waals surface area contributed by atoms with Gasteiger partial charge in [0, 0.05) is 38.4 Å². The Kier molecular flexibility index (Phi) is 27.4. The molecule has 0 atom stereocenters. The fourth-order valence-electron chi connectivity index (χ4n) is 6.98. The molecule has 0 amide bonds. The average Bonchev–Trinajstić information content (AvgIpc) is 4.12. The van der Waals surface area contributed by atoms with E-state index in [1.54, 1.807) is 109 Å². The number of ether oxygens (including phenoxy) is 4. The van der Waals surface area contributed by atoms with E-state index in [2.05, 4.69) is 53.3 Å². The van der Waals surface area contributed by atoms with Crippen molar-refractivity contribution in [2.24, 2.45) is 0 Å². The van der Waals surface area contributed by atoms with Gasteiger partial charge in [-0.05, 0) is 139 Å². The lowest BCUT2D eigenvalue weighted by Gasteiger charge is -2.19. The van der Waals surface area contributed by atoms with Gasteiger partial charge in [0.15, 0.2) is 6.29 Å². The quantitative estimate of drug-likeness (QED) is 0.0956. The van der Waals surface area contributed by atoms with E-state index < -0.39 is 11.7 Å². The second-order valence-electron chi connectivity index (χ2n) is 19.2. The number of benzene rings is 9. The van der Waals surface area contributed by atoms with E-state index in [1.165, 1.54) is 41.9 Å². The van der Waals surface area contributed by atoms with E-state index >= 15 is 0 Å². The van der Waals surface area contributed by atoms with Gasteiger partial charge in [-0.1, -0.05) is 156 Å². The van der Waals surface area contributed by atoms with Crippen molar-refractivity contribution in [2.75, 3.05) is 0 Å². The van der Waals surface area contributed by atoms with Crippen molar-refractivity contribution >= 4 is 76.8 Å². The molecule has 0 bridgehead atoms. The molecule has 1 aromatic heterocycles. The number of carbonyl (C=O) groups excluding carboxylic acids is 6. The molecule has 444 valence electrons. The van der Waals surface area contributed by atoms with Crippen LogP contribution >= 0.6 is 39.1 Å². The van der Waals surface area contributed by atoms with Crippen molar-refractivity contribution in [3.8, 4) is 46.0 Å². The maximum Gasteiger partial charge on any atom is 0.416 e. The van der Waals surface area contributed by atoms with Crippen LogP contribution in [0.2, 0.25) is 10.0 Å². The van der Waals surface area contributed by atoms with E-state index in [4.69, 9.17) is 42.1 Å². The Hall–Kier alpha value is -9.67. The Bertz CT molecular complexity index is 3810. The van der Waals surface area contributed by atoms with Crippen LogP contribution in [-0.4, -0.2) is 37.7 Å². The molecular weight excluding hydrogens is 1220 g/mol. The van der Waals surface area contributed by atoms with Gasteiger partial charge in [0.1, 0.15) is 83.7 Å². The number of rotatable bonds is 14. The molecule has 0 fully saturated rings. The highest BCUT2D eigenvalue weighted by Crippen LogP contribution is 2.34. The third kappa shape index (κ3) is 24.8. The zero-order chi connectivity index (χ0) is 63.2. The van der Waals surface area contributed by atoms with E-state index in [9.17, 15) is 41.9 Å². The zero-order valence-electron chi connectivity index (χ0n) is 47.2. The Morgan fingerprint density at radius 1 is 0.379 bits per heavy atom. The van der Waals surface area contributed by atoms with E-state index in [0.29, 0.717) is 78.5 Å². The SMILES string of the molecule is CC(C)(C)c1ccc(Oc2cccc(C=O)c2)cc1.Cc1ccc(Oc2cccc(C=O)c2)cc1.O=Cc1cccc(Br)c1.O=Cc1cccc(Oc2ccc(Cl)c(Cl)c2)c1.O=Cc1cccc(Oc2cccc(C(F)(F)F)c2)c1.O=Cc1ccoc1. The summed E-state index contributed by atoms with van der Waals surface area (Å²) in [5.74, 6) is 4.42. The van der Waals surface area contributed by atoms with Gasteiger partial charge in [0.25, 0.3) is 0 Å². The minimum atomic E-state index is -4.41.